The van der Waals surface area contributed by atoms with E-state index in [0.717, 1.165) is 12.1 Å². The Hall–Kier alpha value is -3.95. The summed E-state index contributed by atoms with van der Waals surface area (Å²) in [5.41, 5.74) is 5.98. The standard InChI is InChI=1S/C22H18F3N3O4/c1-32-16-6-7-17(20(12-16)28(30)31)14-8-9-27-19(11-14)18(21(26)29)10-13-2-4-15(5-3-13)22(23,24)25/h2-9,11-12,18H,10H2,1H3,(H2,26,29). The first kappa shape index (κ1) is 22.7. The van der Waals surface area contributed by atoms with Crippen LogP contribution in [0.15, 0.2) is 60.8 Å². The Morgan fingerprint density at radius 3 is 2.41 bits per heavy atom. The number of primary amides is 1. The second-order valence-corrected chi connectivity index (χ2v) is 6.96. The number of rotatable bonds is 7. The van der Waals surface area contributed by atoms with E-state index >= 15 is 0 Å². The van der Waals surface area contributed by atoms with Crippen molar-refractivity contribution in [2.24, 2.45) is 5.73 Å². The molecule has 32 heavy (non-hydrogen) atoms. The lowest BCUT2D eigenvalue weighted by Crippen LogP contribution is -2.24. The summed E-state index contributed by atoms with van der Waals surface area (Å²) in [6.07, 6.45) is -3.06. The van der Waals surface area contributed by atoms with Gasteiger partial charge < -0.3 is 10.5 Å². The average molecular weight is 445 g/mol. The van der Waals surface area contributed by atoms with E-state index in [9.17, 15) is 28.1 Å². The molecule has 0 saturated carbocycles. The molecule has 2 N–H and O–H groups in total. The Labute approximate surface area is 180 Å². The number of carbonyl (C=O) groups excluding carboxylic acids is 1. The molecule has 3 rings (SSSR count). The number of nitro benzene ring substituents is 1. The van der Waals surface area contributed by atoms with Crippen molar-refractivity contribution < 1.29 is 27.6 Å². The monoisotopic (exact) mass is 445 g/mol. The zero-order valence-electron chi connectivity index (χ0n) is 16.8. The van der Waals surface area contributed by atoms with Crippen molar-refractivity contribution in [1.82, 2.24) is 4.98 Å². The zero-order chi connectivity index (χ0) is 23.5. The van der Waals surface area contributed by atoms with E-state index < -0.39 is 28.5 Å². The van der Waals surface area contributed by atoms with Gasteiger partial charge >= 0.3 is 6.18 Å². The van der Waals surface area contributed by atoms with E-state index in [1.54, 1.807) is 12.1 Å². The maximum atomic E-state index is 12.8. The number of nitrogens with two attached hydrogens (primary N) is 1. The van der Waals surface area contributed by atoms with E-state index in [2.05, 4.69) is 4.98 Å². The molecule has 0 aliphatic carbocycles. The van der Waals surface area contributed by atoms with Crippen LogP contribution in [0.5, 0.6) is 5.75 Å². The number of hydrogen-bond acceptors (Lipinski definition) is 5. The number of alkyl halides is 3. The molecule has 0 aliphatic heterocycles. The summed E-state index contributed by atoms with van der Waals surface area (Å²) in [5, 5.41) is 11.5. The summed E-state index contributed by atoms with van der Waals surface area (Å²) >= 11 is 0. The highest BCUT2D eigenvalue weighted by Crippen LogP contribution is 2.34. The number of aromatic nitrogens is 1. The quantitative estimate of drug-likeness (QED) is 0.426. The Kier molecular flexibility index (Phi) is 6.42. The lowest BCUT2D eigenvalue weighted by atomic mass is 9.92. The van der Waals surface area contributed by atoms with Gasteiger partial charge in [0.05, 0.1) is 40.8 Å². The van der Waals surface area contributed by atoms with E-state index in [1.807, 2.05) is 0 Å². The zero-order valence-corrected chi connectivity index (χ0v) is 16.8. The van der Waals surface area contributed by atoms with E-state index in [0.29, 0.717) is 16.9 Å². The highest BCUT2D eigenvalue weighted by Gasteiger charge is 2.30. The van der Waals surface area contributed by atoms with Crippen LogP contribution in [0.1, 0.15) is 22.7 Å². The molecule has 0 radical (unpaired) electrons. The molecule has 1 atom stereocenters. The maximum absolute atomic E-state index is 12.8. The van der Waals surface area contributed by atoms with Crippen molar-refractivity contribution in [3.05, 3.63) is 87.7 Å². The highest BCUT2D eigenvalue weighted by molar-refractivity contribution is 5.83. The summed E-state index contributed by atoms with van der Waals surface area (Å²) < 4.78 is 43.4. The normalized spacial score (nSPS) is 12.2. The molecule has 0 saturated heterocycles. The summed E-state index contributed by atoms with van der Waals surface area (Å²) in [4.78, 5) is 27.2. The van der Waals surface area contributed by atoms with Crippen LogP contribution in [0.25, 0.3) is 11.1 Å². The number of halogens is 3. The van der Waals surface area contributed by atoms with Crippen LogP contribution < -0.4 is 10.5 Å². The number of amides is 1. The highest BCUT2D eigenvalue weighted by atomic mass is 19.4. The third-order valence-electron chi connectivity index (χ3n) is 4.92. The molecule has 166 valence electrons. The Bertz CT molecular complexity index is 1150. The van der Waals surface area contributed by atoms with Crippen LogP contribution in [0.4, 0.5) is 18.9 Å². The lowest BCUT2D eigenvalue weighted by Gasteiger charge is -2.15. The number of methoxy groups -OCH3 is 1. The minimum Gasteiger partial charge on any atom is -0.497 e. The SMILES string of the molecule is COc1ccc(-c2ccnc(C(Cc3ccc(C(F)(F)F)cc3)C(N)=O)c2)c([N+](=O)[O-])c1. The molecule has 3 aromatic rings. The molecule has 0 fully saturated rings. The first-order valence-electron chi connectivity index (χ1n) is 9.34. The molecule has 2 aromatic carbocycles. The first-order valence-corrected chi connectivity index (χ1v) is 9.34. The van der Waals surface area contributed by atoms with Crippen LogP contribution in [0.2, 0.25) is 0 Å². The van der Waals surface area contributed by atoms with Crippen molar-refractivity contribution in [3.8, 4) is 16.9 Å². The average Bonchev–Trinajstić information content (AvgIpc) is 2.76. The number of nitro groups is 1. The Morgan fingerprint density at radius 2 is 1.84 bits per heavy atom. The molecular formula is C22H18F3N3O4. The van der Waals surface area contributed by atoms with Gasteiger partial charge in [-0.2, -0.15) is 13.2 Å². The van der Waals surface area contributed by atoms with Crippen molar-refractivity contribution in [2.75, 3.05) is 7.11 Å². The minimum atomic E-state index is -4.47. The van der Waals surface area contributed by atoms with Crippen molar-refractivity contribution in [3.63, 3.8) is 0 Å². The summed E-state index contributed by atoms with van der Waals surface area (Å²) in [6.45, 7) is 0. The molecular weight excluding hydrogens is 427 g/mol. The van der Waals surface area contributed by atoms with Gasteiger partial charge in [-0.05, 0) is 53.9 Å². The predicted molar refractivity (Wildman–Crippen MR) is 110 cm³/mol. The van der Waals surface area contributed by atoms with Crippen molar-refractivity contribution in [2.45, 2.75) is 18.5 Å². The molecule has 1 amide bonds. The lowest BCUT2D eigenvalue weighted by molar-refractivity contribution is -0.384. The van der Waals surface area contributed by atoms with Gasteiger partial charge in [0.25, 0.3) is 5.69 Å². The Morgan fingerprint density at radius 1 is 1.16 bits per heavy atom. The molecule has 1 unspecified atom stereocenters. The smallest absolute Gasteiger partial charge is 0.416 e. The minimum absolute atomic E-state index is 0.0225. The number of pyridine rings is 1. The van der Waals surface area contributed by atoms with Crippen LogP contribution in [0.3, 0.4) is 0 Å². The van der Waals surface area contributed by atoms with E-state index in [1.165, 1.54) is 43.6 Å². The van der Waals surface area contributed by atoms with Crippen LogP contribution in [0, 0.1) is 10.1 Å². The summed E-state index contributed by atoms with van der Waals surface area (Å²) in [6, 6.07) is 11.8. The second-order valence-electron chi connectivity index (χ2n) is 6.96. The van der Waals surface area contributed by atoms with Gasteiger partial charge in [0, 0.05) is 6.20 Å². The fourth-order valence-electron chi connectivity index (χ4n) is 3.26. The molecule has 0 spiro atoms. The largest absolute Gasteiger partial charge is 0.497 e. The van der Waals surface area contributed by atoms with Crippen LogP contribution >= 0.6 is 0 Å². The molecule has 0 aliphatic rings. The van der Waals surface area contributed by atoms with Crippen LogP contribution in [-0.4, -0.2) is 22.9 Å². The van der Waals surface area contributed by atoms with E-state index in [-0.39, 0.29) is 23.4 Å². The number of nitrogens with zero attached hydrogens (tertiary/aromatic N) is 2. The van der Waals surface area contributed by atoms with E-state index in [4.69, 9.17) is 10.5 Å². The van der Waals surface area contributed by atoms with Gasteiger partial charge in [0.2, 0.25) is 5.91 Å². The second kappa shape index (κ2) is 9.04. The third kappa shape index (κ3) is 5.02. The summed E-state index contributed by atoms with van der Waals surface area (Å²) in [5.74, 6) is -1.35. The van der Waals surface area contributed by atoms with Gasteiger partial charge in [-0.15, -0.1) is 0 Å². The summed E-state index contributed by atoms with van der Waals surface area (Å²) in [7, 11) is 1.39. The first-order chi connectivity index (χ1) is 15.1. The number of hydrogen-bond donors (Lipinski definition) is 1. The molecule has 7 nitrogen and oxygen atoms in total. The molecule has 0 bridgehead atoms. The van der Waals surface area contributed by atoms with Crippen LogP contribution in [-0.2, 0) is 17.4 Å². The fourth-order valence-corrected chi connectivity index (χ4v) is 3.26. The van der Waals surface area contributed by atoms with Gasteiger partial charge in [-0.25, -0.2) is 0 Å². The molecule has 1 heterocycles. The Balaban J connectivity index is 1.96. The number of carbonyl (C=O) groups is 1. The van der Waals surface area contributed by atoms with Gasteiger partial charge in [0.1, 0.15) is 5.75 Å². The van der Waals surface area contributed by atoms with Gasteiger partial charge in [0.15, 0.2) is 0 Å². The topological polar surface area (TPSA) is 108 Å². The third-order valence-corrected chi connectivity index (χ3v) is 4.92. The van der Waals surface area contributed by atoms with Crippen molar-refractivity contribution in [1.29, 1.82) is 0 Å². The van der Waals surface area contributed by atoms with Gasteiger partial charge in [-0.3, -0.25) is 19.9 Å². The maximum Gasteiger partial charge on any atom is 0.416 e. The number of ether oxygens (including phenoxy) is 1. The number of benzene rings is 2. The van der Waals surface area contributed by atoms with Crippen molar-refractivity contribution >= 4 is 11.6 Å². The predicted octanol–water partition coefficient (Wildman–Crippen LogP) is 4.50. The molecule has 10 heteroatoms. The molecule has 1 aromatic heterocycles. The fraction of sp³-hybridized carbons (Fsp3) is 0.182. The van der Waals surface area contributed by atoms with Gasteiger partial charge in [-0.1, -0.05) is 12.1 Å².